The summed E-state index contributed by atoms with van der Waals surface area (Å²) < 4.78 is 23.2. The minimum atomic E-state index is -3.31. The maximum Gasteiger partial charge on any atom is 0.254 e. The Labute approximate surface area is 126 Å². The molecule has 1 amide bonds. The molecule has 1 fully saturated rings. The Morgan fingerprint density at radius 1 is 1.38 bits per heavy atom. The number of carbonyl (C=O) groups excluding carboxylic acids is 1. The molecule has 2 atom stereocenters. The van der Waals surface area contributed by atoms with Gasteiger partial charge in [-0.3, -0.25) is 4.79 Å². The lowest BCUT2D eigenvalue weighted by atomic mass is 9.96. The van der Waals surface area contributed by atoms with Crippen LogP contribution in [0, 0.1) is 0 Å². The predicted octanol–water partition coefficient (Wildman–Crippen LogP) is 1.43. The van der Waals surface area contributed by atoms with Crippen LogP contribution in [0.1, 0.15) is 36.5 Å². The lowest BCUT2D eigenvalue weighted by molar-refractivity contribution is 0.0583. The SMILES string of the molecule is CC(N)C1CCCCN1C(=O)c1cccc(S(C)(=O)=O)c1. The van der Waals surface area contributed by atoms with E-state index in [0.717, 1.165) is 25.5 Å². The topological polar surface area (TPSA) is 80.5 Å². The van der Waals surface area contributed by atoms with Crippen LogP contribution in [0.15, 0.2) is 29.2 Å². The second-order valence-corrected chi connectivity index (χ2v) is 7.74. The van der Waals surface area contributed by atoms with Crippen molar-refractivity contribution in [2.24, 2.45) is 5.73 Å². The molecule has 1 saturated heterocycles. The van der Waals surface area contributed by atoms with E-state index in [1.165, 1.54) is 12.1 Å². The maximum absolute atomic E-state index is 12.7. The van der Waals surface area contributed by atoms with Gasteiger partial charge < -0.3 is 10.6 Å². The third-order valence-electron chi connectivity index (χ3n) is 3.93. The average Bonchev–Trinajstić information content (AvgIpc) is 2.45. The molecular formula is C15H22N2O3S. The molecule has 0 bridgehead atoms. The van der Waals surface area contributed by atoms with Crippen molar-refractivity contribution in [3.8, 4) is 0 Å². The van der Waals surface area contributed by atoms with Crippen molar-refractivity contribution in [3.05, 3.63) is 29.8 Å². The smallest absolute Gasteiger partial charge is 0.254 e. The van der Waals surface area contributed by atoms with E-state index in [0.29, 0.717) is 12.1 Å². The van der Waals surface area contributed by atoms with Gasteiger partial charge in [0.05, 0.1) is 4.90 Å². The zero-order chi connectivity index (χ0) is 15.6. The molecule has 1 aliphatic heterocycles. The van der Waals surface area contributed by atoms with Crippen molar-refractivity contribution in [3.63, 3.8) is 0 Å². The van der Waals surface area contributed by atoms with Crippen molar-refractivity contribution in [1.82, 2.24) is 4.90 Å². The molecule has 21 heavy (non-hydrogen) atoms. The molecule has 0 spiro atoms. The normalized spacial score (nSPS) is 21.1. The van der Waals surface area contributed by atoms with Crippen LogP contribution in [0.3, 0.4) is 0 Å². The van der Waals surface area contributed by atoms with Gasteiger partial charge in [0.25, 0.3) is 5.91 Å². The Balaban J connectivity index is 2.31. The third kappa shape index (κ3) is 3.63. The molecule has 1 aliphatic rings. The van der Waals surface area contributed by atoms with Gasteiger partial charge in [-0.2, -0.15) is 0 Å². The average molecular weight is 310 g/mol. The number of nitrogens with zero attached hydrogens (tertiary/aromatic N) is 1. The largest absolute Gasteiger partial charge is 0.334 e. The number of piperidine rings is 1. The van der Waals surface area contributed by atoms with E-state index in [2.05, 4.69) is 0 Å². The number of sulfone groups is 1. The Bertz CT molecular complexity index is 626. The fourth-order valence-corrected chi connectivity index (χ4v) is 3.45. The fraction of sp³-hybridized carbons (Fsp3) is 0.533. The Kier molecular flexibility index (Phi) is 4.68. The third-order valence-corrected chi connectivity index (χ3v) is 5.04. The first-order valence-electron chi connectivity index (χ1n) is 7.17. The van der Waals surface area contributed by atoms with Crippen molar-refractivity contribution in [2.45, 2.75) is 43.2 Å². The molecule has 0 saturated carbocycles. The molecule has 5 nitrogen and oxygen atoms in total. The summed E-state index contributed by atoms with van der Waals surface area (Å²) in [7, 11) is -3.31. The maximum atomic E-state index is 12.7. The first-order valence-corrected chi connectivity index (χ1v) is 9.06. The Morgan fingerprint density at radius 2 is 2.10 bits per heavy atom. The lowest BCUT2D eigenvalue weighted by Crippen LogP contribution is -2.51. The van der Waals surface area contributed by atoms with Crippen LogP contribution in [0.2, 0.25) is 0 Å². The van der Waals surface area contributed by atoms with E-state index in [1.807, 2.05) is 6.92 Å². The molecule has 2 rings (SSSR count). The lowest BCUT2D eigenvalue weighted by Gasteiger charge is -2.38. The number of likely N-dealkylation sites (tertiary alicyclic amines) is 1. The van der Waals surface area contributed by atoms with E-state index in [4.69, 9.17) is 5.73 Å². The van der Waals surface area contributed by atoms with Gasteiger partial charge in [-0.05, 0) is 44.4 Å². The van der Waals surface area contributed by atoms with Crippen LogP contribution in [-0.2, 0) is 9.84 Å². The van der Waals surface area contributed by atoms with E-state index < -0.39 is 9.84 Å². The summed E-state index contributed by atoms with van der Waals surface area (Å²) >= 11 is 0. The zero-order valence-electron chi connectivity index (χ0n) is 12.5. The number of rotatable bonds is 3. The van der Waals surface area contributed by atoms with Crippen LogP contribution in [0.4, 0.5) is 0 Å². The second kappa shape index (κ2) is 6.15. The number of carbonyl (C=O) groups is 1. The fourth-order valence-electron chi connectivity index (χ4n) is 2.78. The van der Waals surface area contributed by atoms with Crippen LogP contribution in [0.5, 0.6) is 0 Å². The number of amides is 1. The van der Waals surface area contributed by atoms with E-state index in [9.17, 15) is 13.2 Å². The summed E-state index contributed by atoms with van der Waals surface area (Å²) in [5, 5.41) is 0. The summed E-state index contributed by atoms with van der Waals surface area (Å²) in [5.41, 5.74) is 6.39. The van der Waals surface area contributed by atoms with Crippen molar-refractivity contribution >= 4 is 15.7 Å². The number of hydrogen-bond donors (Lipinski definition) is 1. The minimum absolute atomic E-state index is 0.0214. The van der Waals surface area contributed by atoms with Gasteiger partial charge in [0, 0.05) is 30.4 Å². The van der Waals surface area contributed by atoms with Gasteiger partial charge in [-0.25, -0.2) is 8.42 Å². The van der Waals surface area contributed by atoms with Crippen LogP contribution in [-0.4, -0.2) is 44.1 Å². The highest BCUT2D eigenvalue weighted by Gasteiger charge is 2.30. The minimum Gasteiger partial charge on any atom is -0.334 e. The first kappa shape index (κ1) is 16.0. The molecule has 0 aromatic heterocycles. The van der Waals surface area contributed by atoms with Gasteiger partial charge in [-0.1, -0.05) is 6.07 Å². The van der Waals surface area contributed by atoms with Crippen LogP contribution >= 0.6 is 0 Å². The molecule has 2 N–H and O–H groups in total. The van der Waals surface area contributed by atoms with Crippen LogP contribution < -0.4 is 5.73 Å². The highest BCUT2D eigenvalue weighted by molar-refractivity contribution is 7.90. The van der Waals surface area contributed by atoms with E-state index in [1.54, 1.807) is 17.0 Å². The van der Waals surface area contributed by atoms with Gasteiger partial charge in [0.1, 0.15) is 0 Å². The Morgan fingerprint density at radius 3 is 2.71 bits per heavy atom. The van der Waals surface area contributed by atoms with E-state index in [-0.39, 0.29) is 22.9 Å². The van der Waals surface area contributed by atoms with Gasteiger partial charge >= 0.3 is 0 Å². The van der Waals surface area contributed by atoms with Gasteiger partial charge in [0.2, 0.25) is 0 Å². The number of hydrogen-bond acceptors (Lipinski definition) is 4. The molecule has 2 unspecified atom stereocenters. The molecule has 1 heterocycles. The van der Waals surface area contributed by atoms with Crippen LogP contribution in [0.25, 0.3) is 0 Å². The first-order chi connectivity index (χ1) is 9.80. The zero-order valence-corrected chi connectivity index (χ0v) is 13.3. The highest BCUT2D eigenvalue weighted by atomic mass is 32.2. The summed E-state index contributed by atoms with van der Waals surface area (Å²) in [6, 6.07) is 6.15. The highest BCUT2D eigenvalue weighted by Crippen LogP contribution is 2.22. The summed E-state index contributed by atoms with van der Waals surface area (Å²) in [5.74, 6) is -0.137. The summed E-state index contributed by atoms with van der Waals surface area (Å²) in [6.07, 6.45) is 4.07. The van der Waals surface area contributed by atoms with Crippen molar-refractivity contribution < 1.29 is 13.2 Å². The quantitative estimate of drug-likeness (QED) is 0.916. The molecule has 6 heteroatoms. The van der Waals surface area contributed by atoms with Crippen molar-refractivity contribution in [2.75, 3.05) is 12.8 Å². The molecule has 116 valence electrons. The van der Waals surface area contributed by atoms with Crippen molar-refractivity contribution in [1.29, 1.82) is 0 Å². The molecular weight excluding hydrogens is 288 g/mol. The predicted molar refractivity (Wildman–Crippen MR) is 81.9 cm³/mol. The standard InChI is InChI=1S/C15H22N2O3S/c1-11(16)14-8-3-4-9-17(14)15(18)12-6-5-7-13(10-12)21(2,19)20/h5-7,10-11,14H,3-4,8-9,16H2,1-2H3. The van der Waals surface area contributed by atoms with E-state index >= 15 is 0 Å². The second-order valence-electron chi connectivity index (χ2n) is 5.72. The monoisotopic (exact) mass is 310 g/mol. The number of nitrogens with two attached hydrogens (primary N) is 1. The molecule has 0 aliphatic carbocycles. The molecule has 1 aromatic rings. The van der Waals surface area contributed by atoms with Gasteiger partial charge in [0.15, 0.2) is 9.84 Å². The molecule has 0 radical (unpaired) electrons. The Hall–Kier alpha value is -1.40. The summed E-state index contributed by atoms with van der Waals surface area (Å²) in [4.78, 5) is 14.6. The number of benzene rings is 1. The molecule has 1 aromatic carbocycles. The summed E-state index contributed by atoms with van der Waals surface area (Å²) in [6.45, 7) is 2.58. The van der Waals surface area contributed by atoms with Gasteiger partial charge in [-0.15, -0.1) is 0 Å².